The lowest BCUT2D eigenvalue weighted by molar-refractivity contribution is -0.385. The number of β-amino-alcohol motifs (C(OH)–C–C–N with tert-alkyl or cyclic N) is 1. The van der Waals surface area contributed by atoms with Crippen LogP contribution in [0.5, 0.6) is 0 Å². The van der Waals surface area contributed by atoms with Gasteiger partial charge in [-0.3, -0.25) is 14.8 Å². The summed E-state index contributed by atoms with van der Waals surface area (Å²) in [6, 6.07) is 0. The zero-order chi connectivity index (χ0) is 15.2. The molecule has 114 valence electrons. The molecule has 1 aromatic heterocycles. The number of rotatable bonds is 9. The Hall–Kier alpha value is -1.51. The van der Waals surface area contributed by atoms with E-state index in [4.69, 9.17) is 5.11 Å². The lowest BCUT2D eigenvalue weighted by Gasteiger charge is -2.30. The van der Waals surface area contributed by atoms with Crippen LogP contribution in [0.15, 0.2) is 12.4 Å². The number of aliphatic hydroxyl groups is 2. The van der Waals surface area contributed by atoms with Crippen LogP contribution in [-0.4, -0.2) is 49.7 Å². The lowest BCUT2D eigenvalue weighted by atomic mass is 9.95. The third-order valence-electron chi connectivity index (χ3n) is 3.44. The van der Waals surface area contributed by atoms with Gasteiger partial charge in [0.05, 0.1) is 17.6 Å². The van der Waals surface area contributed by atoms with Crippen molar-refractivity contribution in [1.82, 2.24) is 15.1 Å². The first-order valence-corrected chi connectivity index (χ1v) is 6.61. The van der Waals surface area contributed by atoms with Gasteiger partial charge in [-0.1, -0.05) is 6.92 Å². The van der Waals surface area contributed by atoms with Crippen molar-refractivity contribution in [3.8, 4) is 0 Å². The molecule has 2 unspecified atom stereocenters. The molecular weight excluding hydrogens is 264 g/mol. The van der Waals surface area contributed by atoms with Crippen molar-refractivity contribution < 1.29 is 15.1 Å². The Labute approximate surface area is 117 Å². The number of aromatic nitrogens is 2. The monoisotopic (exact) mass is 286 g/mol. The molecule has 2 atom stereocenters. The first-order chi connectivity index (χ1) is 9.40. The van der Waals surface area contributed by atoms with Gasteiger partial charge in [0.2, 0.25) is 0 Å². The second-order valence-electron chi connectivity index (χ2n) is 5.10. The molecule has 0 bridgehead atoms. The van der Waals surface area contributed by atoms with Crippen molar-refractivity contribution in [2.45, 2.75) is 44.9 Å². The summed E-state index contributed by atoms with van der Waals surface area (Å²) in [6.07, 6.45) is 3.16. The molecule has 0 aromatic carbocycles. The van der Waals surface area contributed by atoms with Gasteiger partial charge in [0, 0.05) is 18.7 Å². The number of nitrogens with one attached hydrogen (secondary N) is 1. The van der Waals surface area contributed by atoms with E-state index in [1.54, 1.807) is 0 Å². The van der Waals surface area contributed by atoms with Gasteiger partial charge in [-0.15, -0.1) is 0 Å². The van der Waals surface area contributed by atoms with E-state index in [-0.39, 0.29) is 24.4 Å². The van der Waals surface area contributed by atoms with E-state index in [2.05, 4.69) is 10.4 Å². The highest BCUT2D eigenvalue weighted by atomic mass is 16.6. The van der Waals surface area contributed by atoms with Gasteiger partial charge < -0.3 is 15.5 Å². The van der Waals surface area contributed by atoms with Gasteiger partial charge in [0.1, 0.15) is 12.4 Å². The molecule has 0 aliphatic rings. The van der Waals surface area contributed by atoms with Gasteiger partial charge in [-0.2, -0.15) is 5.10 Å². The molecule has 0 fully saturated rings. The van der Waals surface area contributed by atoms with E-state index in [0.29, 0.717) is 13.0 Å². The number of hydrogen-bond donors (Lipinski definition) is 3. The van der Waals surface area contributed by atoms with Crippen molar-refractivity contribution >= 4 is 5.69 Å². The normalized spacial score (nSPS) is 15.8. The lowest BCUT2D eigenvalue weighted by Crippen LogP contribution is -2.46. The largest absolute Gasteiger partial charge is 0.396 e. The van der Waals surface area contributed by atoms with E-state index < -0.39 is 11.0 Å². The minimum absolute atomic E-state index is 0.0821. The Bertz CT molecular complexity index is 437. The fraction of sp³-hybridized carbons (Fsp3) is 0.750. The van der Waals surface area contributed by atoms with Crippen molar-refractivity contribution in [3.63, 3.8) is 0 Å². The van der Waals surface area contributed by atoms with Gasteiger partial charge in [-0.05, 0) is 19.8 Å². The highest BCUT2D eigenvalue weighted by Crippen LogP contribution is 2.14. The molecule has 3 N–H and O–H groups in total. The Morgan fingerprint density at radius 2 is 2.35 bits per heavy atom. The molecule has 0 saturated heterocycles. The molecule has 0 aliphatic carbocycles. The maximum absolute atomic E-state index is 10.5. The predicted octanol–water partition coefficient (Wildman–Crippen LogP) is 0.293. The Balaban J connectivity index is 2.46. The van der Waals surface area contributed by atoms with E-state index in [9.17, 15) is 15.2 Å². The van der Waals surface area contributed by atoms with Crippen LogP contribution < -0.4 is 5.32 Å². The van der Waals surface area contributed by atoms with Crippen LogP contribution >= 0.6 is 0 Å². The third-order valence-corrected chi connectivity index (χ3v) is 3.44. The van der Waals surface area contributed by atoms with Crippen LogP contribution in [0.3, 0.4) is 0 Å². The summed E-state index contributed by atoms with van der Waals surface area (Å²) in [5, 5.41) is 36.5. The Morgan fingerprint density at radius 1 is 1.65 bits per heavy atom. The van der Waals surface area contributed by atoms with Crippen LogP contribution in [-0.2, 0) is 6.54 Å². The second-order valence-corrected chi connectivity index (χ2v) is 5.10. The fourth-order valence-corrected chi connectivity index (χ4v) is 1.83. The van der Waals surface area contributed by atoms with Crippen LogP contribution in [0.4, 0.5) is 5.69 Å². The number of aliphatic hydroxyl groups excluding tert-OH is 2. The quantitative estimate of drug-likeness (QED) is 0.444. The molecular formula is C12H22N4O4. The van der Waals surface area contributed by atoms with Crippen molar-refractivity contribution in [3.05, 3.63) is 22.5 Å². The fourth-order valence-electron chi connectivity index (χ4n) is 1.83. The molecule has 0 radical (unpaired) electrons. The number of nitrogens with zero attached hydrogens (tertiary/aromatic N) is 3. The van der Waals surface area contributed by atoms with Gasteiger partial charge in [0.25, 0.3) is 0 Å². The zero-order valence-electron chi connectivity index (χ0n) is 11.8. The minimum atomic E-state index is -0.709. The smallest absolute Gasteiger partial charge is 0.306 e. The molecule has 0 aliphatic heterocycles. The average Bonchev–Trinajstić information content (AvgIpc) is 2.85. The molecule has 0 saturated carbocycles. The molecule has 0 spiro atoms. The van der Waals surface area contributed by atoms with E-state index >= 15 is 0 Å². The molecule has 1 heterocycles. The number of hydrogen-bond acceptors (Lipinski definition) is 6. The first-order valence-electron chi connectivity index (χ1n) is 6.61. The molecule has 1 aromatic rings. The van der Waals surface area contributed by atoms with Gasteiger partial charge in [0.15, 0.2) is 0 Å². The third kappa shape index (κ3) is 4.87. The maximum Gasteiger partial charge on any atom is 0.306 e. The molecule has 1 rings (SSSR count). The second kappa shape index (κ2) is 7.32. The zero-order valence-corrected chi connectivity index (χ0v) is 11.8. The van der Waals surface area contributed by atoms with E-state index in [1.807, 2.05) is 13.8 Å². The van der Waals surface area contributed by atoms with Crippen LogP contribution in [0.2, 0.25) is 0 Å². The number of nitro groups is 1. The topological polar surface area (TPSA) is 113 Å². The summed E-state index contributed by atoms with van der Waals surface area (Å²) in [4.78, 5) is 10.00. The van der Waals surface area contributed by atoms with Gasteiger partial charge in [-0.25, -0.2) is 0 Å². The van der Waals surface area contributed by atoms with Crippen LogP contribution in [0.25, 0.3) is 0 Å². The molecule has 8 nitrogen and oxygen atoms in total. The average molecular weight is 286 g/mol. The van der Waals surface area contributed by atoms with Crippen LogP contribution in [0, 0.1) is 10.1 Å². The van der Waals surface area contributed by atoms with Gasteiger partial charge >= 0.3 is 5.69 Å². The molecule has 8 heteroatoms. The summed E-state index contributed by atoms with van der Waals surface area (Å²) in [5.74, 6) is 0. The Kier molecular flexibility index (Phi) is 6.05. The summed E-state index contributed by atoms with van der Waals surface area (Å²) in [7, 11) is 0. The van der Waals surface area contributed by atoms with E-state index in [0.717, 1.165) is 12.6 Å². The Morgan fingerprint density at radius 3 is 2.85 bits per heavy atom. The molecule has 0 amide bonds. The summed E-state index contributed by atoms with van der Waals surface area (Å²) in [6.45, 7) is 4.58. The van der Waals surface area contributed by atoms with Crippen molar-refractivity contribution in [2.24, 2.45) is 0 Å². The van der Waals surface area contributed by atoms with Crippen molar-refractivity contribution in [2.75, 3.05) is 13.2 Å². The van der Waals surface area contributed by atoms with Crippen molar-refractivity contribution in [1.29, 1.82) is 0 Å². The van der Waals surface area contributed by atoms with Crippen LogP contribution in [0.1, 0.15) is 26.7 Å². The summed E-state index contributed by atoms with van der Waals surface area (Å²) < 4.78 is 1.35. The maximum atomic E-state index is 10.5. The highest BCUT2D eigenvalue weighted by molar-refractivity contribution is 5.20. The minimum Gasteiger partial charge on any atom is -0.396 e. The predicted molar refractivity (Wildman–Crippen MR) is 73.3 cm³/mol. The van der Waals surface area contributed by atoms with E-state index in [1.165, 1.54) is 10.9 Å². The summed E-state index contributed by atoms with van der Waals surface area (Å²) in [5.41, 5.74) is -0.324. The summed E-state index contributed by atoms with van der Waals surface area (Å²) >= 11 is 0. The highest BCUT2D eigenvalue weighted by Gasteiger charge is 2.22. The SMILES string of the molecule is CCC(C)(CCO)NCC(O)Cn1cc([N+](=O)[O-])cn1. The molecule has 20 heavy (non-hydrogen) atoms. The standard InChI is InChI=1S/C12H22N4O4/c1-3-12(2,4-5-17)13-7-11(18)9-15-8-10(6-14-15)16(19)20/h6,8,11,13,17-18H,3-5,7,9H2,1-2H3. The first kappa shape index (κ1) is 16.5.